The standard InChI is InChI=1S/C15H16FN3O2/c1-11(15-7-4-13(16)10-18-15)17-9-8-12-2-5-14(6-3-12)19(20)21/h2-7,10-11,17H,8-9H2,1H3. The van der Waals surface area contributed by atoms with E-state index >= 15 is 0 Å². The molecule has 2 rings (SSSR count). The molecular weight excluding hydrogens is 273 g/mol. The molecule has 1 heterocycles. The van der Waals surface area contributed by atoms with Gasteiger partial charge in [0.15, 0.2) is 0 Å². The minimum Gasteiger partial charge on any atom is -0.309 e. The molecule has 21 heavy (non-hydrogen) atoms. The van der Waals surface area contributed by atoms with Crippen LogP contribution >= 0.6 is 0 Å². The second-order valence-corrected chi connectivity index (χ2v) is 4.75. The number of benzene rings is 1. The van der Waals surface area contributed by atoms with E-state index in [-0.39, 0.29) is 17.5 Å². The smallest absolute Gasteiger partial charge is 0.269 e. The maximum absolute atomic E-state index is 12.8. The highest BCUT2D eigenvalue weighted by atomic mass is 19.1. The summed E-state index contributed by atoms with van der Waals surface area (Å²) in [5.74, 6) is -0.350. The number of hydrogen-bond acceptors (Lipinski definition) is 4. The zero-order valence-electron chi connectivity index (χ0n) is 11.6. The summed E-state index contributed by atoms with van der Waals surface area (Å²) in [4.78, 5) is 14.2. The van der Waals surface area contributed by atoms with E-state index in [0.29, 0.717) is 6.54 Å². The lowest BCUT2D eigenvalue weighted by molar-refractivity contribution is -0.384. The van der Waals surface area contributed by atoms with E-state index in [1.807, 2.05) is 6.92 Å². The van der Waals surface area contributed by atoms with Crippen LogP contribution in [0.15, 0.2) is 42.6 Å². The summed E-state index contributed by atoms with van der Waals surface area (Å²) in [6.07, 6.45) is 1.95. The molecule has 1 aromatic heterocycles. The Morgan fingerprint density at radius 1 is 1.29 bits per heavy atom. The molecule has 1 aromatic carbocycles. The van der Waals surface area contributed by atoms with E-state index in [0.717, 1.165) is 17.7 Å². The number of aromatic nitrogens is 1. The first-order valence-electron chi connectivity index (χ1n) is 6.64. The van der Waals surface area contributed by atoms with Crippen LogP contribution in [-0.4, -0.2) is 16.5 Å². The Morgan fingerprint density at radius 2 is 2.00 bits per heavy atom. The lowest BCUT2D eigenvalue weighted by Crippen LogP contribution is -2.22. The molecule has 0 aliphatic rings. The summed E-state index contributed by atoms with van der Waals surface area (Å²) < 4.78 is 12.8. The molecule has 0 aliphatic carbocycles. The van der Waals surface area contributed by atoms with Gasteiger partial charge in [0, 0.05) is 18.2 Å². The van der Waals surface area contributed by atoms with Crippen LogP contribution in [0.2, 0.25) is 0 Å². The van der Waals surface area contributed by atoms with E-state index in [9.17, 15) is 14.5 Å². The van der Waals surface area contributed by atoms with Gasteiger partial charge in [0.2, 0.25) is 0 Å². The number of nitrogens with one attached hydrogen (secondary N) is 1. The summed E-state index contributed by atoms with van der Waals surface area (Å²) in [5.41, 5.74) is 1.89. The van der Waals surface area contributed by atoms with Crippen LogP contribution in [-0.2, 0) is 6.42 Å². The second-order valence-electron chi connectivity index (χ2n) is 4.75. The number of nitrogens with zero attached hydrogens (tertiary/aromatic N) is 2. The van der Waals surface area contributed by atoms with E-state index < -0.39 is 4.92 Å². The van der Waals surface area contributed by atoms with E-state index in [1.54, 1.807) is 18.2 Å². The van der Waals surface area contributed by atoms with Gasteiger partial charge >= 0.3 is 0 Å². The summed E-state index contributed by atoms with van der Waals surface area (Å²) in [6, 6.07) is 9.56. The van der Waals surface area contributed by atoms with Gasteiger partial charge < -0.3 is 5.32 Å². The van der Waals surface area contributed by atoms with Crippen LogP contribution in [0.25, 0.3) is 0 Å². The monoisotopic (exact) mass is 289 g/mol. The zero-order chi connectivity index (χ0) is 15.2. The molecule has 110 valence electrons. The first-order valence-corrected chi connectivity index (χ1v) is 6.64. The number of nitro groups is 1. The van der Waals surface area contributed by atoms with Crippen molar-refractivity contribution in [3.8, 4) is 0 Å². The van der Waals surface area contributed by atoms with Gasteiger partial charge in [0.1, 0.15) is 5.82 Å². The van der Waals surface area contributed by atoms with Gasteiger partial charge in [0.05, 0.1) is 16.8 Å². The highest BCUT2D eigenvalue weighted by molar-refractivity contribution is 5.32. The van der Waals surface area contributed by atoms with Crippen LogP contribution in [0.1, 0.15) is 24.2 Å². The lowest BCUT2D eigenvalue weighted by Gasteiger charge is -2.13. The summed E-state index contributed by atoms with van der Waals surface area (Å²) in [7, 11) is 0. The van der Waals surface area contributed by atoms with Crippen molar-refractivity contribution in [2.45, 2.75) is 19.4 Å². The number of pyridine rings is 1. The number of nitro benzene ring substituents is 1. The van der Waals surface area contributed by atoms with E-state index in [4.69, 9.17) is 0 Å². The molecule has 1 atom stereocenters. The van der Waals surface area contributed by atoms with Crippen molar-refractivity contribution in [3.63, 3.8) is 0 Å². The Kier molecular flexibility index (Phi) is 4.94. The topological polar surface area (TPSA) is 68.1 Å². The summed E-state index contributed by atoms with van der Waals surface area (Å²) in [5, 5.41) is 13.8. The molecule has 1 N–H and O–H groups in total. The molecule has 0 bridgehead atoms. The van der Waals surface area contributed by atoms with E-state index in [1.165, 1.54) is 24.4 Å². The van der Waals surface area contributed by atoms with Crippen LogP contribution in [0.3, 0.4) is 0 Å². The molecule has 5 nitrogen and oxygen atoms in total. The van der Waals surface area contributed by atoms with Gasteiger partial charge in [-0.25, -0.2) is 4.39 Å². The Bertz CT molecular complexity index is 599. The average Bonchev–Trinajstić information content (AvgIpc) is 2.48. The molecule has 2 aromatic rings. The Morgan fingerprint density at radius 3 is 2.57 bits per heavy atom. The predicted molar refractivity (Wildman–Crippen MR) is 77.4 cm³/mol. The zero-order valence-corrected chi connectivity index (χ0v) is 11.6. The third-order valence-electron chi connectivity index (χ3n) is 3.21. The SMILES string of the molecule is CC(NCCc1ccc([N+](=O)[O-])cc1)c1ccc(F)cn1. The van der Waals surface area contributed by atoms with Crippen LogP contribution in [0, 0.1) is 15.9 Å². The first kappa shape index (κ1) is 15.1. The van der Waals surface area contributed by atoms with Crippen LogP contribution in [0.4, 0.5) is 10.1 Å². The minimum absolute atomic E-state index is 0.0173. The van der Waals surface area contributed by atoms with Gasteiger partial charge in [0.25, 0.3) is 5.69 Å². The average molecular weight is 289 g/mol. The molecule has 0 aliphatic heterocycles. The number of halogens is 1. The van der Waals surface area contributed by atoms with Crippen molar-refractivity contribution in [2.75, 3.05) is 6.54 Å². The third kappa shape index (κ3) is 4.32. The van der Waals surface area contributed by atoms with Gasteiger partial charge in [-0.05, 0) is 37.6 Å². The third-order valence-corrected chi connectivity index (χ3v) is 3.21. The van der Waals surface area contributed by atoms with Crippen molar-refractivity contribution in [3.05, 3.63) is 69.8 Å². The Hall–Kier alpha value is -2.34. The molecular formula is C15H16FN3O2. The van der Waals surface area contributed by atoms with Crippen LogP contribution < -0.4 is 5.32 Å². The Labute approximate surface area is 122 Å². The number of non-ortho nitro benzene ring substituents is 1. The fourth-order valence-corrected chi connectivity index (χ4v) is 1.97. The minimum atomic E-state index is -0.412. The molecule has 6 heteroatoms. The van der Waals surface area contributed by atoms with Crippen molar-refractivity contribution in [2.24, 2.45) is 0 Å². The Balaban J connectivity index is 1.83. The number of rotatable bonds is 6. The van der Waals surface area contributed by atoms with Crippen molar-refractivity contribution in [1.82, 2.24) is 10.3 Å². The molecule has 0 spiro atoms. The van der Waals surface area contributed by atoms with Gasteiger partial charge in [-0.15, -0.1) is 0 Å². The fourth-order valence-electron chi connectivity index (χ4n) is 1.97. The highest BCUT2D eigenvalue weighted by Gasteiger charge is 2.07. The maximum Gasteiger partial charge on any atom is 0.269 e. The number of hydrogen-bond donors (Lipinski definition) is 1. The fraction of sp³-hybridized carbons (Fsp3) is 0.267. The van der Waals surface area contributed by atoms with Gasteiger partial charge in [-0.3, -0.25) is 15.1 Å². The summed E-state index contributed by atoms with van der Waals surface area (Å²) >= 11 is 0. The second kappa shape index (κ2) is 6.90. The molecule has 0 saturated heterocycles. The molecule has 0 radical (unpaired) electrons. The first-order chi connectivity index (χ1) is 10.1. The maximum atomic E-state index is 12.8. The normalized spacial score (nSPS) is 12.1. The molecule has 0 amide bonds. The van der Waals surface area contributed by atoms with E-state index in [2.05, 4.69) is 10.3 Å². The van der Waals surface area contributed by atoms with Gasteiger partial charge in [-0.1, -0.05) is 12.1 Å². The summed E-state index contributed by atoms with van der Waals surface area (Å²) in [6.45, 7) is 2.66. The largest absolute Gasteiger partial charge is 0.309 e. The molecule has 1 unspecified atom stereocenters. The molecule has 0 fully saturated rings. The van der Waals surface area contributed by atoms with Crippen LogP contribution in [0.5, 0.6) is 0 Å². The van der Waals surface area contributed by atoms with Crippen molar-refractivity contribution in [1.29, 1.82) is 0 Å². The van der Waals surface area contributed by atoms with Crippen molar-refractivity contribution < 1.29 is 9.31 Å². The lowest BCUT2D eigenvalue weighted by atomic mass is 10.1. The van der Waals surface area contributed by atoms with Gasteiger partial charge in [-0.2, -0.15) is 0 Å². The quantitative estimate of drug-likeness (QED) is 0.655. The van der Waals surface area contributed by atoms with Crippen molar-refractivity contribution >= 4 is 5.69 Å². The predicted octanol–water partition coefficient (Wildman–Crippen LogP) is 3.02. The molecule has 0 saturated carbocycles. The highest BCUT2D eigenvalue weighted by Crippen LogP contribution is 2.13.